The predicted molar refractivity (Wildman–Crippen MR) is 117 cm³/mol. The molecule has 1 heterocycles. The van der Waals surface area contributed by atoms with E-state index < -0.39 is 0 Å². The lowest BCUT2D eigenvalue weighted by Crippen LogP contribution is -2.23. The van der Waals surface area contributed by atoms with Gasteiger partial charge in [-0.05, 0) is 17.7 Å². The number of para-hydroxylation sites is 2. The van der Waals surface area contributed by atoms with Gasteiger partial charge in [-0.2, -0.15) is 0 Å². The highest BCUT2D eigenvalue weighted by Gasteiger charge is 2.14. The van der Waals surface area contributed by atoms with Gasteiger partial charge in [0, 0.05) is 23.6 Å². The normalized spacial score (nSPS) is 10.6. The van der Waals surface area contributed by atoms with Crippen molar-refractivity contribution in [3.05, 3.63) is 102 Å². The van der Waals surface area contributed by atoms with Gasteiger partial charge in [0.25, 0.3) is 5.91 Å². The summed E-state index contributed by atoms with van der Waals surface area (Å²) in [5.74, 6) is 0.966. The van der Waals surface area contributed by atoms with E-state index >= 15 is 0 Å². The quantitative estimate of drug-likeness (QED) is 0.488. The van der Waals surface area contributed by atoms with E-state index in [4.69, 9.17) is 9.47 Å². The van der Waals surface area contributed by atoms with Gasteiger partial charge in [-0.1, -0.05) is 66.7 Å². The summed E-state index contributed by atoms with van der Waals surface area (Å²) in [6.45, 7) is 0.744. The van der Waals surface area contributed by atoms with Crippen molar-refractivity contribution in [3.63, 3.8) is 0 Å². The smallest absolute Gasteiger partial charge is 0.252 e. The van der Waals surface area contributed by atoms with Crippen LogP contribution in [-0.2, 0) is 13.2 Å². The molecule has 0 radical (unpaired) electrons. The molecular formula is C25H22N2O3. The Kier molecular flexibility index (Phi) is 5.90. The lowest BCUT2D eigenvalue weighted by atomic mass is 10.1. The standard InChI is InChI=1S/C25H22N2O3/c1-29-23-14-8-5-11-19(23)16-26-25(28)21-15-24(27-22-13-7-6-12-20(21)22)30-17-18-9-3-2-4-10-18/h2-15H,16-17H2,1H3,(H,26,28). The lowest BCUT2D eigenvalue weighted by Gasteiger charge is -2.12. The molecule has 0 saturated heterocycles. The summed E-state index contributed by atoms with van der Waals surface area (Å²) in [5.41, 5.74) is 3.19. The molecule has 5 heteroatoms. The van der Waals surface area contributed by atoms with Gasteiger partial charge in [-0.15, -0.1) is 0 Å². The number of pyridine rings is 1. The number of hydrogen-bond acceptors (Lipinski definition) is 4. The van der Waals surface area contributed by atoms with Crippen molar-refractivity contribution in [1.82, 2.24) is 10.3 Å². The fourth-order valence-electron chi connectivity index (χ4n) is 3.26. The SMILES string of the molecule is COc1ccccc1CNC(=O)c1cc(OCc2ccccc2)nc2ccccc12. The second kappa shape index (κ2) is 9.09. The molecule has 30 heavy (non-hydrogen) atoms. The van der Waals surface area contributed by atoms with Crippen molar-refractivity contribution in [2.24, 2.45) is 0 Å². The summed E-state index contributed by atoms with van der Waals surface area (Å²) in [7, 11) is 1.62. The molecule has 0 saturated carbocycles. The molecule has 1 amide bonds. The van der Waals surface area contributed by atoms with E-state index in [1.165, 1.54) is 0 Å². The maximum Gasteiger partial charge on any atom is 0.252 e. The summed E-state index contributed by atoms with van der Waals surface area (Å²) in [6, 6.07) is 26.7. The van der Waals surface area contributed by atoms with Gasteiger partial charge >= 0.3 is 0 Å². The van der Waals surface area contributed by atoms with Crippen LogP contribution in [0.4, 0.5) is 0 Å². The number of methoxy groups -OCH3 is 1. The van der Waals surface area contributed by atoms with Crippen molar-refractivity contribution in [1.29, 1.82) is 0 Å². The van der Waals surface area contributed by atoms with E-state index in [1.54, 1.807) is 13.2 Å². The molecule has 5 nitrogen and oxygen atoms in total. The average molecular weight is 398 g/mol. The largest absolute Gasteiger partial charge is 0.496 e. The first-order chi connectivity index (χ1) is 14.7. The number of ether oxygens (including phenoxy) is 2. The fraction of sp³-hybridized carbons (Fsp3) is 0.120. The topological polar surface area (TPSA) is 60.5 Å². The van der Waals surface area contributed by atoms with Crippen molar-refractivity contribution in [3.8, 4) is 11.6 Å². The Labute approximate surface area is 175 Å². The number of hydrogen-bond donors (Lipinski definition) is 1. The number of amides is 1. The number of nitrogens with one attached hydrogen (secondary N) is 1. The third-order valence-corrected chi connectivity index (χ3v) is 4.80. The van der Waals surface area contributed by atoms with E-state index in [0.717, 1.165) is 22.3 Å². The Morgan fingerprint density at radius 3 is 2.50 bits per heavy atom. The fourth-order valence-corrected chi connectivity index (χ4v) is 3.26. The Morgan fingerprint density at radius 2 is 1.67 bits per heavy atom. The van der Waals surface area contributed by atoms with Crippen molar-refractivity contribution >= 4 is 16.8 Å². The number of carbonyl (C=O) groups excluding carboxylic acids is 1. The second-order valence-electron chi connectivity index (χ2n) is 6.79. The van der Waals surface area contributed by atoms with Crippen LogP contribution in [0.5, 0.6) is 11.6 Å². The van der Waals surface area contributed by atoms with Gasteiger partial charge in [0.2, 0.25) is 5.88 Å². The zero-order valence-electron chi connectivity index (χ0n) is 16.7. The number of aromatic nitrogens is 1. The molecule has 0 aliphatic heterocycles. The number of carbonyl (C=O) groups is 1. The number of benzene rings is 3. The molecule has 0 bridgehead atoms. The van der Waals surface area contributed by atoms with Crippen LogP contribution in [0.3, 0.4) is 0 Å². The van der Waals surface area contributed by atoms with E-state index in [-0.39, 0.29) is 5.91 Å². The van der Waals surface area contributed by atoms with Crippen LogP contribution in [0.25, 0.3) is 10.9 Å². The molecule has 0 fully saturated rings. The number of rotatable bonds is 7. The third-order valence-electron chi connectivity index (χ3n) is 4.80. The summed E-state index contributed by atoms with van der Waals surface area (Å²) in [4.78, 5) is 17.6. The molecule has 1 aromatic heterocycles. The molecule has 0 unspecified atom stereocenters. The van der Waals surface area contributed by atoms with Gasteiger partial charge in [-0.25, -0.2) is 4.98 Å². The first-order valence-electron chi connectivity index (χ1n) is 9.71. The van der Waals surface area contributed by atoms with Crippen LogP contribution in [0.2, 0.25) is 0 Å². The van der Waals surface area contributed by atoms with Gasteiger partial charge in [-0.3, -0.25) is 4.79 Å². The first-order valence-corrected chi connectivity index (χ1v) is 9.71. The Hall–Kier alpha value is -3.86. The highest BCUT2D eigenvalue weighted by molar-refractivity contribution is 6.06. The lowest BCUT2D eigenvalue weighted by molar-refractivity contribution is 0.0951. The minimum Gasteiger partial charge on any atom is -0.496 e. The van der Waals surface area contributed by atoms with Gasteiger partial charge in [0.05, 0.1) is 18.2 Å². The monoisotopic (exact) mass is 398 g/mol. The molecule has 0 atom stereocenters. The van der Waals surface area contributed by atoms with Crippen LogP contribution in [0.15, 0.2) is 84.9 Å². The highest BCUT2D eigenvalue weighted by atomic mass is 16.5. The van der Waals surface area contributed by atoms with Crippen molar-refractivity contribution < 1.29 is 14.3 Å². The minimum atomic E-state index is -0.191. The summed E-state index contributed by atoms with van der Waals surface area (Å²) >= 11 is 0. The molecule has 0 aliphatic rings. The van der Waals surface area contributed by atoms with Crippen LogP contribution < -0.4 is 14.8 Å². The zero-order chi connectivity index (χ0) is 20.8. The Balaban J connectivity index is 1.57. The van der Waals surface area contributed by atoms with Crippen molar-refractivity contribution in [2.75, 3.05) is 7.11 Å². The van der Waals surface area contributed by atoms with E-state index in [2.05, 4.69) is 10.3 Å². The molecule has 150 valence electrons. The predicted octanol–water partition coefficient (Wildman–Crippen LogP) is 4.75. The molecule has 0 aliphatic carbocycles. The Bertz CT molecular complexity index is 1160. The Morgan fingerprint density at radius 1 is 0.933 bits per heavy atom. The molecule has 1 N–H and O–H groups in total. The van der Waals surface area contributed by atoms with Crippen molar-refractivity contribution in [2.45, 2.75) is 13.2 Å². The number of fused-ring (bicyclic) bond motifs is 1. The summed E-state index contributed by atoms with van der Waals surface area (Å²) in [5, 5.41) is 3.76. The maximum absolute atomic E-state index is 13.0. The first kappa shape index (κ1) is 19.5. The van der Waals surface area contributed by atoms with Gasteiger partial charge in [0.15, 0.2) is 0 Å². The molecule has 3 aromatic carbocycles. The zero-order valence-corrected chi connectivity index (χ0v) is 16.7. The second-order valence-corrected chi connectivity index (χ2v) is 6.79. The molecule has 4 rings (SSSR count). The van der Waals surface area contributed by atoms with Crippen LogP contribution in [0, 0.1) is 0 Å². The summed E-state index contributed by atoms with van der Waals surface area (Å²) < 4.78 is 11.2. The maximum atomic E-state index is 13.0. The van der Waals surface area contributed by atoms with Crippen LogP contribution in [-0.4, -0.2) is 18.0 Å². The van der Waals surface area contributed by atoms with Crippen LogP contribution >= 0.6 is 0 Å². The summed E-state index contributed by atoms with van der Waals surface area (Å²) in [6.07, 6.45) is 0. The molecule has 4 aromatic rings. The van der Waals surface area contributed by atoms with Gasteiger partial charge in [0.1, 0.15) is 12.4 Å². The third kappa shape index (κ3) is 4.41. The highest BCUT2D eigenvalue weighted by Crippen LogP contribution is 2.23. The molecule has 0 spiro atoms. The average Bonchev–Trinajstić information content (AvgIpc) is 2.81. The van der Waals surface area contributed by atoms with Gasteiger partial charge < -0.3 is 14.8 Å². The van der Waals surface area contributed by atoms with E-state index in [0.29, 0.717) is 30.1 Å². The molecular weight excluding hydrogens is 376 g/mol. The van der Waals surface area contributed by atoms with Crippen LogP contribution in [0.1, 0.15) is 21.5 Å². The number of nitrogens with zero attached hydrogens (tertiary/aromatic N) is 1. The van der Waals surface area contributed by atoms with E-state index in [9.17, 15) is 4.79 Å². The minimum absolute atomic E-state index is 0.191. The van der Waals surface area contributed by atoms with E-state index in [1.807, 2.05) is 78.9 Å².